The van der Waals surface area contributed by atoms with Crippen LogP contribution >= 0.6 is 0 Å². The molecule has 2 aromatic heterocycles. The maximum Gasteiger partial charge on any atom is 0.319 e. The first-order valence-electron chi connectivity index (χ1n) is 17.1. The molecule has 248 valence electrons. The lowest BCUT2D eigenvalue weighted by atomic mass is 9.88. The summed E-state index contributed by atoms with van der Waals surface area (Å²) in [5, 5.41) is 15.8. The summed E-state index contributed by atoms with van der Waals surface area (Å²) in [6, 6.07) is 6.40. The number of fused-ring (bicyclic) bond motifs is 7. The fourth-order valence-electron chi connectivity index (χ4n) is 9.41. The number of hydrogen-bond donors (Lipinski definition) is 2. The van der Waals surface area contributed by atoms with Crippen LogP contribution in [0.1, 0.15) is 69.0 Å². The number of alkyl halides is 1. The number of aromatic nitrogens is 3. The van der Waals surface area contributed by atoms with Gasteiger partial charge in [0.1, 0.15) is 41.4 Å². The highest BCUT2D eigenvalue weighted by Crippen LogP contribution is 2.46. The van der Waals surface area contributed by atoms with Gasteiger partial charge in [0.05, 0.1) is 22.2 Å². The molecule has 0 radical (unpaired) electrons. The number of terminal acetylenes is 1. The quantitative estimate of drug-likeness (QED) is 0.261. The monoisotopic (exact) mass is 654 g/mol. The van der Waals surface area contributed by atoms with Crippen molar-refractivity contribution < 1.29 is 23.0 Å². The van der Waals surface area contributed by atoms with E-state index in [4.69, 9.17) is 26.1 Å². The molecule has 0 amide bonds. The Bertz CT molecular complexity index is 2030. The fraction of sp³-hybridized carbons (Fsp3) is 0.486. The molecule has 0 saturated carbocycles. The number of phenolic OH excluding ortho intramolecular Hbond substituents is 1. The van der Waals surface area contributed by atoms with E-state index < -0.39 is 23.3 Å². The highest BCUT2D eigenvalue weighted by Gasteiger charge is 2.50. The number of piperazine rings is 1. The van der Waals surface area contributed by atoms with Crippen LogP contribution in [0.25, 0.3) is 32.9 Å². The van der Waals surface area contributed by atoms with E-state index in [0.29, 0.717) is 59.3 Å². The van der Waals surface area contributed by atoms with E-state index in [9.17, 15) is 9.50 Å². The Morgan fingerprint density at radius 2 is 1.98 bits per heavy atom. The third kappa shape index (κ3) is 4.48. The molecular weight excluding hydrogens is 617 g/mol. The summed E-state index contributed by atoms with van der Waals surface area (Å²) in [4.78, 5) is 19.2. The highest BCUT2D eigenvalue weighted by molar-refractivity contribution is 6.03. The zero-order valence-corrected chi connectivity index (χ0v) is 26.8. The maximum atomic E-state index is 17.3. The first-order chi connectivity index (χ1) is 23.2. The first-order valence-corrected chi connectivity index (χ1v) is 17.1. The Balaban J connectivity index is 1.28. The normalized spacial score (nSPS) is 29.5. The minimum Gasteiger partial charge on any atom is -0.508 e. The van der Waals surface area contributed by atoms with Gasteiger partial charge >= 0.3 is 6.01 Å². The average molecular weight is 655 g/mol. The minimum absolute atomic E-state index is 0.0332. The van der Waals surface area contributed by atoms with Gasteiger partial charge in [0, 0.05) is 48.6 Å². The predicted octanol–water partition coefficient (Wildman–Crippen LogP) is 5.97. The number of pyridine rings is 1. The fourth-order valence-corrected chi connectivity index (χ4v) is 9.41. The molecule has 2 bridgehead atoms. The molecule has 4 saturated heterocycles. The molecule has 9 rings (SSSR count). The van der Waals surface area contributed by atoms with E-state index in [1.807, 2.05) is 0 Å². The van der Waals surface area contributed by atoms with E-state index in [1.165, 1.54) is 24.3 Å². The Kier molecular flexibility index (Phi) is 6.83. The molecule has 0 unspecified atom stereocenters. The zero-order valence-electron chi connectivity index (χ0n) is 26.8. The van der Waals surface area contributed by atoms with E-state index in [-0.39, 0.29) is 52.7 Å². The number of nitrogens with zero attached hydrogens (tertiary/aromatic N) is 5. The highest BCUT2D eigenvalue weighted by atomic mass is 19.1. The lowest BCUT2D eigenvalue weighted by Crippen LogP contribution is -2.58. The van der Waals surface area contributed by atoms with Crippen molar-refractivity contribution in [1.82, 2.24) is 25.2 Å². The van der Waals surface area contributed by atoms with Crippen LogP contribution in [0, 0.1) is 24.0 Å². The first kappa shape index (κ1) is 30.0. The van der Waals surface area contributed by atoms with Crippen LogP contribution in [-0.4, -0.2) is 81.0 Å². The van der Waals surface area contributed by atoms with Crippen molar-refractivity contribution in [3.63, 3.8) is 0 Å². The number of aromatic hydroxyl groups is 1. The molecule has 4 aromatic rings. The molecule has 4 fully saturated rings. The molecule has 11 heteroatoms. The molecule has 48 heavy (non-hydrogen) atoms. The number of nitrogens with one attached hydrogen (secondary N) is 1. The number of benzene rings is 2. The van der Waals surface area contributed by atoms with Crippen LogP contribution in [0.3, 0.4) is 0 Å². The van der Waals surface area contributed by atoms with Gasteiger partial charge in [-0.1, -0.05) is 18.9 Å². The van der Waals surface area contributed by atoms with Crippen molar-refractivity contribution >= 4 is 27.5 Å². The van der Waals surface area contributed by atoms with Gasteiger partial charge in [-0.2, -0.15) is 9.97 Å². The maximum absolute atomic E-state index is 17.3. The molecule has 7 heterocycles. The summed E-state index contributed by atoms with van der Waals surface area (Å²) < 4.78 is 53.3. The van der Waals surface area contributed by atoms with E-state index in [0.717, 1.165) is 45.1 Å². The van der Waals surface area contributed by atoms with Gasteiger partial charge in [0.25, 0.3) is 0 Å². The Labute approximate surface area is 276 Å². The van der Waals surface area contributed by atoms with Gasteiger partial charge in [-0.05, 0) is 74.6 Å². The summed E-state index contributed by atoms with van der Waals surface area (Å²) in [6.07, 6.45) is 10.9. The smallest absolute Gasteiger partial charge is 0.319 e. The molecule has 6 atom stereocenters. The number of anilines is 1. The Hall–Kier alpha value is -4.14. The van der Waals surface area contributed by atoms with Crippen molar-refractivity contribution in [3.8, 4) is 35.4 Å². The summed E-state index contributed by atoms with van der Waals surface area (Å²) in [6.45, 7) is 4.21. The summed E-state index contributed by atoms with van der Waals surface area (Å²) >= 11 is 0. The summed E-state index contributed by atoms with van der Waals surface area (Å²) in [5.41, 5.74) is 0.338. The number of hydrogen-bond acceptors (Lipinski definition) is 8. The predicted molar refractivity (Wildman–Crippen MR) is 177 cm³/mol. The van der Waals surface area contributed by atoms with Crippen molar-refractivity contribution in [2.24, 2.45) is 0 Å². The summed E-state index contributed by atoms with van der Waals surface area (Å²) in [7, 11) is 0. The Morgan fingerprint density at radius 3 is 2.83 bits per heavy atom. The standard InChI is InChI=1S/C37H37F3N6O2/c1-3-24-26(39)8-6-20-13-23(47)14-25(29(20)24)33-31(40)34-30-32(42-33)19(2)5-10-28-27-9-7-22(41-27)17-46(28)35(30)44-36(43-34)48-18-37-11-4-12-45(37)16-21(38)15-37/h1,6,8,13-14,19,21-22,27-28,41,47H,4-5,7,9-12,15-18H2,2H3/t19-,21-,22-,27+,28-,37+/m1/s1. The average Bonchev–Trinajstić information content (AvgIpc) is 3.74. The SMILES string of the molecule is C#Cc1c(F)ccc2cc(O)cc(-c3nc4c5c(nc(OC[C@@]67CCCN6C[C@H](F)C7)nc5c3F)N3C[C@H]5CC[C@H](N5)[C@H]3CC[C@H]4C)c12. The van der Waals surface area contributed by atoms with Crippen LogP contribution in [-0.2, 0) is 0 Å². The molecule has 2 aromatic carbocycles. The topological polar surface area (TPSA) is 86.6 Å². The third-order valence-electron chi connectivity index (χ3n) is 11.6. The van der Waals surface area contributed by atoms with Crippen molar-refractivity contribution in [2.75, 3.05) is 31.1 Å². The van der Waals surface area contributed by atoms with Crippen molar-refractivity contribution in [3.05, 3.63) is 47.2 Å². The van der Waals surface area contributed by atoms with E-state index in [1.54, 1.807) is 0 Å². The molecule has 2 N–H and O–H groups in total. The molecule has 0 aliphatic carbocycles. The van der Waals surface area contributed by atoms with Crippen LogP contribution in [0.2, 0.25) is 0 Å². The largest absolute Gasteiger partial charge is 0.508 e. The second kappa shape index (κ2) is 10.9. The van der Waals surface area contributed by atoms with E-state index in [2.05, 4.69) is 28.0 Å². The number of phenols is 1. The number of halogens is 3. The molecule has 5 aliphatic rings. The van der Waals surface area contributed by atoms with Crippen molar-refractivity contribution in [2.45, 2.75) is 87.6 Å². The number of rotatable bonds is 4. The second-order valence-electron chi connectivity index (χ2n) is 14.5. The van der Waals surface area contributed by atoms with Crippen LogP contribution in [0.5, 0.6) is 11.8 Å². The molecule has 8 nitrogen and oxygen atoms in total. The van der Waals surface area contributed by atoms with Crippen LogP contribution in [0.4, 0.5) is 19.0 Å². The van der Waals surface area contributed by atoms with Crippen LogP contribution in [0.15, 0.2) is 24.3 Å². The molecular formula is C37H37F3N6O2. The third-order valence-corrected chi connectivity index (χ3v) is 11.6. The van der Waals surface area contributed by atoms with Crippen molar-refractivity contribution in [1.29, 1.82) is 0 Å². The van der Waals surface area contributed by atoms with Gasteiger partial charge in [-0.25, -0.2) is 18.2 Å². The Morgan fingerprint density at radius 1 is 1.10 bits per heavy atom. The molecule has 0 spiro atoms. The van der Waals surface area contributed by atoms with Crippen LogP contribution < -0.4 is 15.0 Å². The van der Waals surface area contributed by atoms with Gasteiger partial charge in [0.2, 0.25) is 0 Å². The zero-order chi connectivity index (χ0) is 32.9. The van der Waals surface area contributed by atoms with Gasteiger partial charge in [-0.3, -0.25) is 4.90 Å². The lowest BCUT2D eigenvalue weighted by Gasteiger charge is -2.44. The number of ether oxygens (including phenoxy) is 1. The van der Waals surface area contributed by atoms with Gasteiger partial charge < -0.3 is 20.1 Å². The van der Waals surface area contributed by atoms with Gasteiger partial charge in [-0.15, -0.1) is 6.42 Å². The summed E-state index contributed by atoms with van der Waals surface area (Å²) in [5.74, 6) is 1.47. The van der Waals surface area contributed by atoms with E-state index >= 15 is 8.78 Å². The minimum atomic E-state index is -0.915. The lowest BCUT2D eigenvalue weighted by molar-refractivity contribution is 0.107. The molecule has 5 aliphatic heterocycles. The second-order valence-corrected chi connectivity index (χ2v) is 14.5. The van der Waals surface area contributed by atoms with Gasteiger partial charge in [0.15, 0.2) is 5.82 Å².